The molecule has 0 unspecified atom stereocenters. The van der Waals surface area contributed by atoms with Crippen molar-refractivity contribution in [1.82, 2.24) is 0 Å². The summed E-state index contributed by atoms with van der Waals surface area (Å²) in [5.41, 5.74) is 2.68. The second kappa shape index (κ2) is 6.23. The van der Waals surface area contributed by atoms with Gasteiger partial charge < -0.3 is 0 Å². The van der Waals surface area contributed by atoms with Crippen LogP contribution in [0.15, 0.2) is 65.1 Å². The summed E-state index contributed by atoms with van der Waals surface area (Å²) in [4.78, 5) is 4.15. The van der Waals surface area contributed by atoms with Gasteiger partial charge in [0.1, 0.15) is 0 Å². The van der Waals surface area contributed by atoms with Crippen LogP contribution in [0.3, 0.4) is 0 Å². The Kier molecular flexibility index (Phi) is 4.10. The molecule has 0 bridgehead atoms. The molecule has 0 fully saturated rings. The first kappa shape index (κ1) is 15.1. The van der Waals surface area contributed by atoms with Gasteiger partial charge in [-0.15, -0.1) is 22.7 Å². The summed E-state index contributed by atoms with van der Waals surface area (Å²) in [6.07, 6.45) is 1.06. The van der Waals surface area contributed by atoms with Gasteiger partial charge in [0, 0.05) is 29.9 Å². The normalized spacial score (nSPS) is 11.2. The minimum absolute atomic E-state index is 1.06. The van der Waals surface area contributed by atoms with E-state index in [9.17, 15) is 0 Å². The molecule has 0 atom stereocenters. The van der Waals surface area contributed by atoms with Crippen LogP contribution in [0.1, 0.15) is 11.8 Å². The highest BCUT2D eigenvalue weighted by Gasteiger charge is 2.17. The van der Waals surface area contributed by atoms with Crippen LogP contribution in [0.5, 0.6) is 0 Å². The molecule has 2 heterocycles. The molecule has 4 aromatic rings. The van der Waals surface area contributed by atoms with Gasteiger partial charge >= 0.3 is 0 Å². The lowest BCUT2D eigenvalue weighted by Gasteiger charge is -1.98. The van der Waals surface area contributed by atoms with Crippen LogP contribution >= 0.6 is 38.6 Å². The van der Waals surface area contributed by atoms with Crippen LogP contribution in [0.25, 0.3) is 31.0 Å². The Labute approximate surface area is 152 Å². The lowest BCUT2D eigenvalue weighted by Crippen LogP contribution is -1.77. The predicted molar refractivity (Wildman–Crippen MR) is 108 cm³/mol. The second-order valence-corrected chi connectivity index (χ2v) is 8.39. The second-order valence-electron chi connectivity index (χ2n) is 5.41. The molecule has 0 aliphatic heterocycles. The van der Waals surface area contributed by atoms with Crippen LogP contribution in [0, 0.1) is 0 Å². The quantitative estimate of drug-likeness (QED) is 0.332. The SMILES string of the molecule is CCc1sc(-c2ccccc2)cc1-c1sc2ccccc2c1Br. The first-order valence-electron chi connectivity index (χ1n) is 7.63. The van der Waals surface area contributed by atoms with Crippen molar-refractivity contribution in [3.05, 3.63) is 70.0 Å². The van der Waals surface area contributed by atoms with Gasteiger partial charge in [0.25, 0.3) is 0 Å². The van der Waals surface area contributed by atoms with Gasteiger partial charge in [0.05, 0.1) is 4.88 Å². The minimum Gasteiger partial charge on any atom is -0.140 e. The zero-order valence-electron chi connectivity index (χ0n) is 12.7. The lowest BCUT2D eigenvalue weighted by atomic mass is 10.1. The molecule has 3 heteroatoms. The molecule has 0 radical (unpaired) electrons. The molecule has 23 heavy (non-hydrogen) atoms. The van der Waals surface area contributed by atoms with E-state index < -0.39 is 0 Å². The van der Waals surface area contributed by atoms with E-state index in [1.165, 1.54) is 40.3 Å². The third-order valence-electron chi connectivity index (χ3n) is 3.97. The third kappa shape index (κ3) is 2.67. The first-order valence-corrected chi connectivity index (χ1v) is 10.1. The van der Waals surface area contributed by atoms with Crippen molar-refractivity contribution in [2.24, 2.45) is 0 Å². The largest absolute Gasteiger partial charge is 0.140 e. The average Bonchev–Trinajstić information content (AvgIpc) is 3.17. The standard InChI is InChI=1S/C20H15BrS2/c1-2-16-15(12-18(22-16)13-8-4-3-5-9-13)20-19(21)14-10-6-7-11-17(14)23-20/h3-12H,2H2,1H3. The van der Waals surface area contributed by atoms with E-state index >= 15 is 0 Å². The molecule has 0 spiro atoms. The van der Waals surface area contributed by atoms with Crippen molar-refractivity contribution in [1.29, 1.82) is 0 Å². The Balaban J connectivity index is 1.91. The molecule has 0 nitrogen and oxygen atoms in total. The summed E-state index contributed by atoms with van der Waals surface area (Å²) < 4.78 is 2.56. The molecule has 0 saturated carbocycles. The summed E-state index contributed by atoms with van der Waals surface area (Å²) in [6, 6.07) is 21.6. The molecule has 4 rings (SSSR count). The van der Waals surface area contributed by atoms with E-state index in [1.54, 1.807) is 0 Å². The van der Waals surface area contributed by atoms with E-state index in [0.717, 1.165) is 6.42 Å². The number of hydrogen-bond acceptors (Lipinski definition) is 2. The fourth-order valence-corrected chi connectivity index (χ4v) is 6.06. The topological polar surface area (TPSA) is 0 Å². The van der Waals surface area contributed by atoms with Crippen LogP contribution in [-0.2, 0) is 6.42 Å². The van der Waals surface area contributed by atoms with Crippen molar-refractivity contribution in [2.75, 3.05) is 0 Å². The van der Waals surface area contributed by atoms with Gasteiger partial charge in [-0.1, -0.05) is 55.5 Å². The summed E-state index contributed by atoms with van der Waals surface area (Å²) in [5, 5.41) is 1.31. The van der Waals surface area contributed by atoms with Crippen LogP contribution in [0.2, 0.25) is 0 Å². The van der Waals surface area contributed by atoms with Crippen LogP contribution in [-0.4, -0.2) is 0 Å². The maximum Gasteiger partial charge on any atom is 0.0508 e. The van der Waals surface area contributed by atoms with E-state index in [0.29, 0.717) is 0 Å². The zero-order valence-corrected chi connectivity index (χ0v) is 15.9. The van der Waals surface area contributed by atoms with E-state index in [1.807, 2.05) is 22.7 Å². The average molecular weight is 399 g/mol. The Morgan fingerprint density at radius 2 is 1.65 bits per heavy atom. The molecular weight excluding hydrogens is 384 g/mol. The van der Waals surface area contributed by atoms with Crippen molar-refractivity contribution >= 4 is 48.7 Å². The number of fused-ring (bicyclic) bond motifs is 1. The fourth-order valence-electron chi connectivity index (χ4n) is 2.82. The number of hydrogen-bond donors (Lipinski definition) is 0. The molecule has 0 N–H and O–H groups in total. The van der Waals surface area contributed by atoms with Gasteiger partial charge in [-0.25, -0.2) is 0 Å². The van der Waals surface area contributed by atoms with E-state index in [-0.39, 0.29) is 0 Å². The monoisotopic (exact) mass is 398 g/mol. The molecule has 2 aromatic heterocycles. The van der Waals surface area contributed by atoms with Gasteiger partial charge in [0.15, 0.2) is 0 Å². The molecule has 2 aromatic carbocycles. The number of benzene rings is 2. The summed E-state index contributed by atoms with van der Waals surface area (Å²) in [5.74, 6) is 0. The maximum absolute atomic E-state index is 3.83. The van der Waals surface area contributed by atoms with Crippen molar-refractivity contribution in [3.8, 4) is 20.9 Å². The Bertz CT molecular complexity index is 964. The Morgan fingerprint density at radius 1 is 0.913 bits per heavy atom. The van der Waals surface area contributed by atoms with E-state index in [2.05, 4.69) is 83.5 Å². The van der Waals surface area contributed by atoms with Gasteiger partial charge in [0.2, 0.25) is 0 Å². The van der Waals surface area contributed by atoms with Crippen molar-refractivity contribution < 1.29 is 0 Å². The smallest absolute Gasteiger partial charge is 0.0508 e. The highest BCUT2D eigenvalue weighted by molar-refractivity contribution is 9.10. The van der Waals surface area contributed by atoms with Gasteiger partial charge in [-0.3, -0.25) is 0 Å². The number of thiophene rings is 2. The van der Waals surface area contributed by atoms with Crippen molar-refractivity contribution in [2.45, 2.75) is 13.3 Å². The summed E-state index contributed by atoms with van der Waals surface area (Å²) in [7, 11) is 0. The lowest BCUT2D eigenvalue weighted by molar-refractivity contribution is 1.19. The third-order valence-corrected chi connectivity index (χ3v) is 7.59. The van der Waals surface area contributed by atoms with Crippen molar-refractivity contribution in [3.63, 3.8) is 0 Å². The highest BCUT2D eigenvalue weighted by Crippen LogP contribution is 2.46. The van der Waals surface area contributed by atoms with Crippen LogP contribution in [0.4, 0.5) is 0 Å². The van der Waals surface area contributed by atoms with Crippen LogP contribution < -0.4 is 0 Å². The van der Waals surface area contributed by atoms with Gasteiger partial charge in [-0.05, 0) is 40.0 Å². The minimum atomic E-state index is 1.06. The molecule has 0 amide bonds. The Hall–Kier alpha value is -1.42. The maximum atomic E-state index is 3.83. The fraction of sp³-hybridized carbons (Fsp3) is 0.100. The number of aryl methyl sites for hydroxylation is 1. The summed E-state index contributed by atoms with van der Waals surface area (Å²) >= 11 is 7.62. The Morgan fingerprint density at radius 3 is 2.39 bits per heavy atom. The molecule has 0 saturated heterocycles. The number of rotatable bonds is 3. The summed E-state index contributed by atoms with van der Waals surface area (Å²) in [6.45, 7) is 2.24. The van der Waals surface area contributed by atoms with Gasteiger partial charge in [-0.2, -0.15) is 0 Å². The number of halogens is 1. The first-order chi connectivity index (χ1) is 11.3. The van der Waals surface area contributed by atoms with E-state index in [4.69, 9.17) is 0 Å². The molecule has 0 aliphatic carbocycles. The molecule has 0 aliphatic rings. The zero-order chi connectivity index (χ0) is 15.8. The molecular formula is C20H15BrS2. The predicted octanol–water partition coefficient (Wildman–Crippen LogP) is 7.62. The molecule has 114 valence electrons. The highest BCUT2D eigenvalue weighted by atomic mass is 79.9.